The van der Waals surface area contributed by atoms with Gasteiger partial charge in [0.05, 0.1) is 0 Å². The van der Waals surface area contributed by atoms with E-state index in [4.69, 9.17) is 14.2 Å². The number of fused-ring (bicyclic) bond motifs is 1. The average molecular weight is 444 g/mol. The summed E-state index contributed by atoms with van der Waals surface area (Å²) in [6.45, 7) is 4.75. The summed E-state index contributed by atoms with van der Waals surface area (Å²) in [6, 6.07) is 22.0. The van der Waals surface area contributed by atoms with E-state index >= 15 is 0 Å². The summed E-state index contributed by atoms with van der Waals surface area (Å²) in [5, 5.41) is 13.2. The first kappa shape index (κ1) is 21.4. The molecule has 5 rings (SSSR count). The Morgan fingerprint density at radius 3 is 2.27 bits per heavy atom. The molecule has 1 heterocycles. The summed E-state index contributed by atoms with van der Waals surface area (Å²) in [4.78, 5) is 0. The molecule has 1 aliphatic carbocycles. The van der Waals surface area contributed by atoms with Crippen LogP contribution < -0.4 is 19.5 Å². The number of likely N-dealkylation sites (N-methyl/N-ethyl adjacent to an activating group) is 1. The summed E-state index contributed by atoms with van der Waals surface area (Å²) in [5.74, 6) is 3.20. The highest BCUT2D eigenvalue weighted by molar-refractivity contribution is 6.00. The Labute approximate surface area is 194 Å². The van der Waals surface area contributed by atoms with E-state index < -0.39 is 0 Å². The van der Waals surface area contributed by atoms with Gasteiger partial charge in [-0.05, 0) is 89.5 Å². The lowest BCUT2D eigenvalue weighted by atomic mass is 9.87. The summed E-state index contributed by atoms with van der Waals surface area (Å²) < 4.78 is 17.1. The molecule has 0 spiro atoms. The summed E-state index contributed by atoms with van der Waals surface area (Å²) >= 11 is 0. The highest BCUT2D eigenvalue weighted by Crippen LogP contribution is 2.49. The Morgan fingerprint density at radius 1 is 0.909 bits per heavy atom. The van der Waals surface area contributed by atoms with Crippen LogP contribution >= 0.6 is 0 Å². The third-order valence-corrected chi connectivity index (χ3v) is 6.04. The minimum atomic E-state index is 0.263. The number of allylic oxidation sites excluding steroid dienone is 1. The van der Waals surface area contributed by atoms with Gasteiger partial charge in [-0.15, -0.1) is 0 Å². The molecule has 0 atom stereocenters. The van der Waals surface area contributed by atoms with Gasteiger partial charge in [0.15, 0.2) is 11.5 Å². The van der Waals surface area contributed by atoms with Crippen LogP contribution in [0.1, 0.15) is 36.5 Å². The van der Waals surface area contributed by atoms with E-state index in [-0.39, 0.29) is 12.5 Å². The second-order valence-corrected chi connectivity index (χ2v) is 8.40. The molecule has 170 valence electrons. The lowest BCUT2D eigenvalue weighted by Crippen LogP contribution is -2.20. The SMILES string of the molecule is CCNCCOc1ccc(/C(=C(/c2ccc3c(c2)OCO3)C2CC2)c2ccc(O)cc2)cc1. The summed E-state index contributed by atoms with van der Waals surface area (Å²) in [7, 11) is 0. The number of hydrogen-bond donors (Lipinski definition) is 2. The maximum atomic E-state index is 9.88. The first-order valence-corrected chi connectivity index (χ1v) is 11.6. The van der Waals surface area contributed by atoms with Crippen molar-refractivity contribution in [1.29, 1.82) is 0 Å². The molecule has 0 aromatic heterocycles. The molecule has 0 unspecified atom stereocenters. The molecule has 3 aromatic rings. The van der Waals surface area contributed by atoms with Gasteiger partial charge in [0, 0.05) is 6.54 Å². The fourth-order valence-electron chi connectivity index (χ4n) is 4.26. The molecule has 3 aromatic carbocycles. The van der Waals surface area contributed by atoms with Gasteiger partial charge >= 0.3 is 0 Å². The number of benzene rings is 3. The van der Waals surface area contributed by atoms with Crippen LogP contribution in [0.5, 0.6) is 23.0 Å². The van der Waals surface area contributed by atoms with Crippen LogP contribution in [0.15, 0.2) is 66.7 Å². The number of phenolic OH excluding ortho intramolecular Hbond substituents is 1. The molecule has 0 saturated heterocycles. The van der Waals surface area contributed by atoms with Crippen LogP contribution in [0, 0.1) is 5.92 Å². The van der Waals surface area contributed by atoms with Gasteiger partial charge in [0.2, 0.25) is 6.79 Å². The Hall–Kier alpha value is -3.44. The molecule has 1 aliphatic heterocycles. The van der Waals surface area contributed by atoms with E-state index in [1.165, 1.54) is 11.1 Å². The topological polar surface area (TPSA) is 60.0 Å². The lowest BCUT2D eigenvalue weighted by Gasteiger charge is -2.18. The third-order valence-electron chi connectivity index (χ3n) is 6.04. The van der Waals surface area contributed by atoms with Crippen LogP contribution in [-0.4, -0.2) is 31.6 Å². The van der Waals surface area contributed by atoms with Gasteiger partial charge in [-0.25, -0.2) is 0 Å². The molecule has 5 heteroatoms. The van der Waals surface area contributed by atoms with Crippen LogP contribution in [-0.2, 0) is 0 Å². The van der Waals surface area contributed by atoms with Crippen LogP contribution in [0.4, 0.5) is 0 Å². The smallest absolute Gasteiger partial charge is 0.231 e. The zero-order valence-corrected chi connectivity index (χ0v) is 18.8. The quantitative estimate of drug-likeness (QED) is 0.339. The molecular weight excluding hydrogens is 414 g/mol. The number of phenols is 1. The Kier molecular flexibility index (Phi) is 6.22. The van der Waals surface area contributed by atoms with Crippen LogP contribution in [0.3, 0.4) is 0 Å². The number of hydrogen-bond acceptors (Lipinski definition) is 5. The molecule has 1 fully saturated rings. The molecule has 0 radical (unpaired) electrons. The maximum absolute atomic E-state index is 9.88. The van der Waals surface area contributed by atoms with Gasteiger partial charge in [0.1, 0.15) is 18.1 Å². The maximum Gasteiger partial charge on any atom is 0.231 e. The number of rotatable bonds is 9. The summed E-state index contributed by atoms with van der Waals surface area (Å²) in [6.07, 6.45) is 2.33. The number of nitrogens with one attached hydrogen (secondary N) is 1. The van der Waals surface area contributed by atoms with E-state index in [2.05, 4.69) is 36.5 Å². The number of ether oxygens (including phenoxy) is 3. The fourth-order valence-corrected chi connectivity index (χ4v) is 4.26. The van der Waals surface area contributed by atoms with Crippen molar-refractivity contribution in [3.05, 3.63) is 83.4 Å². The van der Waals surface area contributed by atoms with Crippen molar-refractivity contribution in [2.24, 2.45) is 5.92 Å². The van der Waals surface area contributed by atoms with E-state index in [0.29, 0.717) is 12.5 Å². The molecule has 5 nitrogen and oxygen atoms in total. The first-order valence-electron chi connectivity index (χ1n) is 11.6. The summed E-state index contributed by atoms with van der Waals surface area (Å²) in [5.41, 5.74) is 5.83. The van der Waals surface area contributed by atoms with Crippen molar-refractivity contribution < 1.29 is 19.3 Å². The molecule has 2 N–H and O–H groups in total. The fraction of sp³-hybridized carbons (Fsp3) is 0.286. The lowest BCUT2D eigenvalue weighted by molar-refractivity contribution is 0.174. The van der Waals surface area contributed by atoms with Gasteiger partial charge < -0.3 is 24.6 Å². The molecule has 0 amide bonds. The third kappa shape index (κ3) is 4.83. The predicted molar refractivity (Wildman–Crippen MR) is 130 cm³/mol. The van der Waals surface area contributed by atoms with Crippen LogP contribution in [0.25, 0.3) is 11.1 Å². The van der Waals surface area contributed by atoms with Gasteiger partial charge in [0.25, 0.3) is 0 Å². The second-order valence-electron chi connectivity index (χ2n) is 8.40. The zero-order chi connectivity index (χ0) is 22.6. The minimum absolute atomic E-state index is 0.263. The Balaban J connectivity index is 1.56. The average Bonchev–Trinajstić information content (AvgIpc) is 3.57. The predicted octanol–water partition coefficient (Wildman–Crippen LogP) is 5.48. The van der Waals surface area contributed by atoms with E-state index in [9.17, 15) is 5.11 Å². The van der Waals surface area contributed by atoms with Crippen molar-refractivity contribution >= 4 is 11.1 Å². The van der Waals surface area contributed by atoms with Crippen molar-refractivity contribution in [1.82, 2.24) is 5.32 Å². The zero-order valence-electron chi connectivity index (χ0n) is 18.8. The Bertz CT molecular complexity index is 1130. The van der Waals surface area contributed by atoms with Gasteiger partial charge in [-0.3, -0.25) is 0 Å². The number of aromatic hydroxyl groups is 1. The normalized spacial score (nSPS) is 15.3. The van der Waals surface area contributed by atoms with Crippen molar-refractivity contribution in [2.75, 3.05) is 26.5 Å². The van der Waals surface area contributed by atoms with Crippen LogP contribution in [0.2, 0.25) is 0 Å². The largest absolute Gasteiger partial charge is 0.508 e. The molecule has 1 saturated carbocycles. The second kappa shape index (κ2) is 9.59. The van der Waals surface area contributed by atoms with Gasteiger partial charge in [-0.2, -0.15) is 0 Å². The van der Waals surface area contributed by atoms with E-state index in [0.717, 1.165) is 59.9 Å². The molecule has 2 aliphatic rings. The Morgan fingerprint density at radius 2 is 1.58 bits per heavy atom. The van der Waals surface area contributed by atoms with E-state index in [1.807, 2.05) is 30.3 Å². The molecule has 33 heavy (non-hydrogen) atoms. The molecule has 0 bridgehead atoms. The van der Waals surface area contributed by atoms with Crippen molar-refractivity contribution in [2.45, 2.75) is 19.8 Å². The van der Waals surface area contributed by atoms with E-state index in [1.54, 1.807) is 12.1 Å². The monoisotopic (exact) mass is 443 g/mol. The van der Waals surface area contributed by atoms with Gasteiger partial charge in [-0.1, -0.05) is 37.3 Å². The highest BCUT2D eigenvalue weighted by atomic mass is 16.7. The minimum Gasteiger partial charge on any atom is -0.508 e. The first-order chi connectivity index (χ1) is 16.2. The standard InChI is InChI=1S/C28H29NO4/c1-2-29-15-16-31-24-12-7-21(8-13-24)27(20-5-10-23(30)11-6-20)28(19-3-4-19)22-9-14-25-26(17-22)33-18-32-25/h5-14,17,19,29-30H,2-4,15-16,18H2,1H3/b28-27+. The highest BCUT2D eigenvalue weighted by Gasteiger charge is 2.31. The van der Waals surface area contributed by atoms with Crippen molar-refractivity contribution in [3.63, 3.8) is 0 Å². The van der Waals surface area contributed by atoms with Crippen molar-refractivity contribution in [3.8, 4) is 23.0 Å². The molecular formula is C28H29NO4.